The molecule has 0 aliphatic rings. The van der Waals surface area contributed by atoms with E-state index in [1.54, 1.807) is 0 Å². The van der Waals surface area contributed by atoms with Crippen molar-refractivity contribution < 1.29 is 0 Å². The Morgan fingerprint density at radius 2 is 2.25 bits per heavy atom. The highest BCUT2D eigenvalue weighted by Gasteiger charge is 1.98. The summed E-state index contributed by atoms with van der Waals surface area (Å²) >= 11 is 5.89. The molecule has 0 spiro atoms. The van der Waals surface area contributed by atoms with Crippen molar-refractivity contribution in [3.63, 3.8) is 0 Å². The van der Waals surface area contributed by atoms with Gasteiger partial charge in [0.25, 0.3) is 0 Å². The van der Waals surface area contributed by atoms with Gasteiger partial charge in [-0.05, 0) is 30.7 Å². The van der Waals surface area contributed by atoms with Crippen LogP contribution in [0.25, 0.3) is 0 Å². The van der Waals surface area contributed by atoms with Crippen molar-refractivity contribution >= 4 is 17.3 Å². The van der Waals surface area contributed by atoms with Gasteiger partial charge in [0.2, 0.25) is 0 Å². The van der Waals surface area contributed by atoms with Gasteiger partial charge in [-0.2, -0.15) is 0 Å². The topological polar surface area (TPSA) is 38.0 Å². The Morgan fingerprint density at radius 1 is 1.50 bits per heavy atom. The number of benzene rings is 1. The van der Waals surface area contributed by atoms with Crippen molar-refractivity contribution in [2.75, 3.05) is 11.9 Å². The van der Waals surface area contributed by atoms with Gasteiger partial charge in [-0.3, -0.25) is 0 Å². The summed E-state index contributed by atoms with van der Waals surface area (Å²) in [6, 6.07) is 5.79. The number of nitrogens with one attached hydrogen (secondary N) is 1. The predicted octanol–water partition coefficient (Wildman–Crippen LogP) is 2.23. The third-order valence-electron chi connectivity index (χ3n) is 1.65. The second-order valence-electron chi connectivity index (χ2n) is 2.54. The van der Waals surface area contributed by atoms with Crippen molar-refractivity contribution in [1.29, 1.82) is 0 Å². The van der Waals surface area contributed by atoms with Crippen molar-refractivity contribution in [3.05, 3.63) is 28.8 Å². The zero-order chi connectivity index (χ0) is 8.97. The van der Waals surface area contributed by atoms with E-state index < -0.39 is 0 Å². The summed E-state index contributed by atoms with van der Waals surface area (Å²) in [5, 5.41) is 3.93. The van der Waals surface area contributed by atoms with Crippen LogP contribution in [-0.2, 0) is 6.54 Å². The van der Waals surface area contributed by atoms with Gasteiger partial charge in [-0.15, -0.1) is 0 Å². The third kappa shape index (κ3) is 2.13. The lowest BCUT2D eigenvalue weighted by atomic mass is 10.2. The lowest BCUT2D eigenvalue weighted by Crippen LogP contribution is -2.00. The van der Waals surface area contributed by atoms with Crippen molar-refractivity contribution in [3.8, 4) is 0 Å². The van der Waals surface area contributed by atoms with E-state index >= 15 is 0 Å². The molecule has 0 heterocycles. The van der Waals surface area contributed by atoms with Crippen molar-refractivity contribution in [2.45, 2.75) is 13.5 Å². The first-order valence-corrected chi connectivity index (χ1v) is 4.38. The molecule has 1 rings (SSSR count). The van der Waals surface area contributed by atoms with Crippen LogP contribution in [0.4, 0.5) is 5.69 Å². The van der Waals surface area contributed by atoms with E-state index in [4.69, 9.17) is 17.3 Å². The Morgan fingerprint density at radius 3 is 2.83 bits per heavy atom. The molecular weight excluding hydrogens is 172 g/mol. The lowest BCUT2D eigenvalue weighted by Gasteiger charge is -2.06. The number of halogens is 1. The molecule has 0 bridgehead atoms. The number of hydrogen-bond acceptors (Lipinski definition) is 2. The molecule has 0 unspecified atom stereocenters. The highest BCUT2D eigenvalue weighted by molar-refractivity contribution is 6.31. The van der Waals surface area contributed by atoms with Crippen molar-refractivity contribution in [1.82, 2.24) is 0 Å². The summed E-state index contributed by atoms with van der Waals surface area (Å²) in [7, 11) is 0. The molecule has 0 aliphatic carbocycles. The maximum absolute atomic E-state index is 5.89. The Bertz CT molecular complexity index is 261. The zero-order valence-electron chi connectivity index (χ0n) is 7.10. The lowest BCUT2D eigenvalue weighted by molar-refractivity contribution is 1.07. The minimum atomic E-state index is 0.484. The Labute approximate surface area is 77.7 Å². The third-order valence-corrected chi connectivity index (χ3v) is 2.02. The predicted molar refractivity (Wildman–Crippen MR) is 53.5 cm³/mol. The summed E-state index contributed by atoms with van der Waals surface area (Å²) in [6.45, 7) is 3.44. The highest BCUT2D eigenvalue weighted by Crippen LogP contribution is 2.19. The first-order chi connectivity index (χ1) is 5.77. The molecule has 12 heavy (non-hydrogen) atoms. The maximum atomic E-state index is 5.89. The van der Waals surface area contributed by atoms with Crippen LogP contribution in [0.15, 0.2) is 18.2 Å². The molecule has 66 valence electrons. The fourth-order valence-electron chi connectivity index (χ4n) is 1.05. The van der Waals surface area contributed by atoms with Gasteiger partial charge in [0.15, 0.2) is 0 Å². The van der Waals surface area contributed by atoms with Gasteiger partial charge in [0.1, 0.15) is 0 Å². The summed E-state index contributed by atoms with van der Waals surface area (Å²) in [5.41, 5.74) is 7.56. The van der Waals surface area contributed by atoms with Gasteiger partial charge in [-0.1, -0.05) is 11.6 Å². The van der Waals surface area contributed by atoms with Crippen LogP contribution in [0.2, 0.25) is 5.02 Å². The molecule has 2 nitrogen and oxygen atoms in total. The fraction of sp³-hybridized carbons (Fsp3) is 0.333. The van der Waals surface area contributed by atoms with E-state index in [1.807, 2.05) is 18.2 Å². The van der Waals surface area contributed by atoms with Crippen LogP contribution in [-0.4, -0.2) is 6.54 Å². The van der Waals surface area contributed by atoms with E-state index in [1.165, 1.54) is 0 Å². The maximum Gasteiger partial charge on any atom is 0.0452 e. The molecule has 0 atom stereocenters. The standard InChI is InChI=1S/C9H13ClN2/c1-2-12-8-3-4-9(10)7(5-8)6-11/h3-5,12H,2,6,11H2,1H3. The number of hydrogen-bond donors (Lipinski definition) is 2. The van der Waals surface area contributed by atoms with E-state index in [9.17, 15) is 0 Å². The van der Waals surface area contributed by atoms with Crippen LogP contribution < -0.4 is 11.1 Å². The average molecular weight is 185 g/mol. The van der Waals surface area contributed by atoms with Gasteiger partial charge in [0.05, 0.1) is 0 Å². The molecule has 1 aromatic carbocycles. The zero-order valence-corrected chi connectivity index (χ0v) is 7.86. The van der Waals surface area contributed by atoms with Crippen molar-refractivity contribution in [2.24, 2.45) is 5.73 Å². The molecule has 1 aromatic rings. The van der Waals surface area contributed by atoms with E-state index in [2.05, 4.69) is 12.2 Å². The van der Waals surface area contributed by atoms with E-state index in [0.717, 1.165) is 22.8 Å². The largest absolute Gasteiger partial charge is 0.385 e. The minimum absolute atomic E-state index is 0.484. The Kier molecular flexibility index (Phi) is 3.38. The van der Waals surface area contributed by atoms with Gasteiger partial charge >= 0.3 is 0 Å². The molecule has 0 aliphatic heterocycles. The van der Waals surface area contributed by atoms with E-state index in [0.29, 0.717) is 6.54 Å². The normalized spacial score (nSPS) is 9.92. The minimum Gasteiger partial charge on any atom is -0.385 e. The molecule has 0 saturated carbocycles. The molecule has 0 aromatic heterocycles. The summed E-state index contributed by atoms with van der Waals surface area (Å²) in [4.78, 5) is 0. The van der Waals surface area contributed by atoms with Gasteiger partial charge in [0, 0.05) is 23.8 Å². The molecule has 3 heteroatoms. The van der Waals surface area contributed by atoms with Crippen LogP contribution in [0.1, 0.15) is 12.5 Å². The smallest absolute Gasteiger partial charge is 0.0452 e. The monoisotopic (exact) mass is 184 g/mol. The van der Waals surface area contributed by atoms with Crippen LogP contribution >= 0.6 is 11.6 Å². The summed E-state index contributed by atoms with van der Waals surface area (Å²) < 4.78 is 0. The fourth-order valence-corrected chi connectivity index (χ4v) is 1.24. The molecule has 0 saturated heterocycles. The molecular formula is C9H13ClN2. The Balaban J connectivity index is 2.89. The van der Waals surface area contributed by atoms with Crippen LogP contribution in [0.5, 0.6) is 0 Å². The molecule has 3 N–H and O–H groups in total. The average Bonchev–Trinajstić information content (AvgIpc) is 2.09. The molecule has 0 fully saturated rings. The van der Waals surface area contributed by atoms with E-state index in [-0.39, 0.29) is 0 Å². The summed E-state index contributed by atoms with van der Waals surface area (Å²) in [6.07, 6.45) is 0. The van der Waals surface area contributed by atoms with Gasteiger partial charge in [-0.25, -0.2) is 0 Å². The second-order valence-corrected chi connectivity index (χ2v) is 2.95. The number of rotatable bonds is 3. The van der Waals surface area contributed by atoms with Crippen LogP contribution in [0, 0.1) is 0 Å². The number of anilines is 1. The molecule has 0 radical (unpaired) electrons. The van der Waals surface area contributed by atoms with Crippen LogP contribution in [0.3, 0.4) is 0 Å². The number of nitrogens with two attached hydrogens (primary N) is 1. The first-order valence-electron chi connectivity index (χ1n) is 4.00. The first kappa shape index (κ1) is 9.36. The quantitative estimate of drug-likeness (QED) is 0.756. The summed E-state index contributed by atoms with van der Waals surface area (Å²) in [5.74, 6) is 0. The SMILES string of the molecule is CCNc1ccc(Cl)c(CN)c1. The molecule has 0 amide bonds. The van der Waals surface area contributed by atoms with Gasteiger partial charge < -0.3 is 11.1 Å². The second kappa shape index (κ2) is 4.33. The highest BCUT2D eigenvalue weighted by atomic mass is 35.5. The Hall–Kier alpha value is -0.730.